The van der Waals surface area contributed by atoms with E-state index >= 15 is 0 Å². The number of amides is 1. The van der Waals surface area contributed by atoms with Gasteiger partial charge in [-0.2, -0.15) is 0 Å². The number of carbonyl (C=O) groups is 2. The first-order valence-electron chi connectivity index (χ1n) is 8.28. The Kier molecular flexibility index (Phi) is 6.03. The predicted octanol–water partition coefficient (Wildman–Crippen LogP) is 4.13. The number of hydrogen-bond donors (Lipinski definition) is 1. The Bertz CT molecular complexity index is 1040. The van der Waals surface area contributed by atoms with E-state index < -0.39 is 10.8 Å². The molecule has 0 spiro atoms. The minimum Gasteiger partial charge on any atom is -0.298 e. The van der Waals surface area contributed by atoms with E-state index in [1.807, 2.05) is 30.3 Å². The van der Waals surface area contributed by atoms with E-state index in [-0.39, 0.29) is 22.3 Å². The highest BCUT2D eigenvalue weighted by Crippen LogP contribution is 2.25. The summed E-state index contributed by atoms with van der Waals surface area (Å²) in [6, 6.07) is 16.2. The highest BCUT2D eigenvalue weighted by atomic mass is 32.1. The largest absolute Gasteiger partial charge is 0.345 e. The molecule has 0 aliphatic carbocycles. The summed E-state index contributed by atoms with van der Waals surface area (Å²) in [5.74, 6) is -0.617. The van der Waals surface area contributed by atoms with E-state index in [2.05, 4.69) is 10.3 Å². The second-order valence-corrected chi connectivity index (χ2v) is 6.77. The normalized spacial score (nSPS) is 10.7. The average Bonchev–Trinajstić information content (AvgIpc) is 3.16. The van der Waals surface area contributed by atoms with Crippen LogP contribution in [0.15, 0.2) is 66.9 Å². The molecular weight excluding hydrogens is 378 g/mol. The standard InChI is InChI=1S/C20H15N3O4S/c24-16(11-10-14-6-2-1-3-7-14)12-15-8-4-5-9-17(15)19(25)22-20-21-13-18(28-20)23(26)27/h1-11,13H,12H2,(H,21,22,25). The summed E-state index contributed by atoms with van der Waals surface area (Å²) < 4.78 is 0. The van der Waals surface area contributed by atoms with Crippen molar-refractivity contribution in [2.45, 2.75) is 6.42 Å². The van der Waals surface area contributed by atoms with Crippen LogP contribution in [0.1, 0.15) is 21.5 Å². The number of aromatic nitrogens is 1. The van der Waals surface area contributed by atoms with Crippen LogP contribution < -0.4 is 5.32 Å². The lowest BCUT2D eigenvalue weighted by Crippen LogP contribution is -2.15. The fraction of sp³-hybridized carbons (Fsp3) is 0.0500. The van der Waals surface area contributed by atoms with Gasteiger partial charge in [0, 0.05) is 12.0 Å². The monoisotopic (exact) mass is 393 g/mol. The van der Waals surface area contributed by atoms with Crippen LogP contribution >= 0.6 is 11.3 Å². The Labute approximate surface area is 164 Å². The van der Waals surface area contributed by atoms with Crippen molar-refractivity contribution in [3.63, 3.8) is 0 Å². The molecule has 2 aromatic carbocycles. The topological polar surface area (TPSA) is 102 Å². The second-order valence-electron chi connectivity index (χ2n) is 5.76. The van der Waals surface area contributed by atoms with Gasteiger partial charge in [-0.1, -0.05) is 54.6 Å². The van der Waals surface area contributed by atoms with Crippen LogP contribution in [0.3, 0.4) is 0 Å². The third-order valence-electron chi connectivity index (χ3n) is 3.78. The summed E-state index contributed by atoms with van der Waals surface area (Å²) in [7, 11) is 0. The van der Waals surface area contributed by atoms with Crippen LogP contribution in [0.25, 0.3) is 6.08 Å². The van der Waals surface area contributed by atoms with Gasteiger partial charge < -0.3 is 0 Å². The van der Waals surface area contributed by atoms with Gasteiger partial charge in [-0.25, -0.2) is 4.98 Å². The molecule has 0 saturated carbocycles. The van der Waals surface area contributed by atoms with E-state index in [4.69, 9.17) is 0 Å². The third-order valence-corrected chi connectivity index (χ3v) is 4.65. The molecule has 0 aliphatic rings. The Morgan fingerprint density at radius 2 is 1.82 bits per heavy atom. The van der Waals surface area contributed by atoms with Gasteiger partial charge in [-0.15, -0.1) is 0 Å². The number of rotatable bonds is 7. The number of hydrogen-bond acceptors (Lipinski definition) is 6. The molecule has 3 rings (SSSR count). The van der Waals surface area contributed by atoms with Crippen molar-refractivity contribution in [2.75, 3.05) is 5.32 Å². The molecule has 0 fully saturated rings. The number of ketones is 1. The number of nitrogens with one attached hydrogen (secondary N) is 1. The maximum atomic E-state index is 12.5. The second kappa shape index (κ2) is 8.83. The van der Waals surface area contributed by atoms with Crippen LogP contribution in [0.5, 0.6) is 0 Å². The van der Waals surface area contributed by atoms with E-state index in [0.29, 0.717) is 11.1 Å². The summed E-state index contributed by atoms with van der Waals surface area (Å²) in [6.07, 6.45) is 4.35. The summed E-state index contributed by atoms with van der Waals surface area (Å²) in [5.41, 5.74) is 1.79. The lowest BCUT2D eigenvalue weighted by atomic mass is 10.0. The molecule has 0 bridgehead atoms. The van der Waals surface area contributed by atoms with Gasteiger partial charge in [-0.3, -0.25) is 25.0 Å². The molecule has 0 unspecified atom stereocenters. The predicted molar refractivity (Wildman–Crippen MR) is 107 cm³/mol. The lowest BCUT2D eigenvalue weighted by Gasteiger charge is -2.07. The number of nitro groups is 1. The zero-order valence-electron chi connectivity index (χ0n) is 14.6. The van der Waals surface area contributed by atoms with Gasteiger partial charge in [0.1, 0.15) is 6.20 Å². The summed E-state index contributed by atoms with van der Waals surface area (Å²) in [4.78, 5) is 38.8. The van der Waals surface area contributed by atoms with Crippen molar-refractivity contribution in [1.29, 1.82) is 0 Å². The minimum absolute atomic E-state index is 0.0605. The van der Waals surface area contributed by atoms with Crippen molar-refractivity contribution in [3.8, 4) is 0 Å². The van der Waals surface area contributed by atoms with E-state index in [1.165, 1.54) is 6.08 Å². The highest BCUT2D eigenvalue weighted by molar-refractivity contribution is 7.18. The summed E-state index contributed by atoms with van der Waals surface area (Å²) in [6.45, 7) is 0. The molecule has 1 N–H and O–H groups in total. The highest BCUT2D eigenvalue weighted by Gasteiger charge is 2.17. The Hall–Kier alpha value is -3.65. The zero-order valence-corrected chi connectivity index (χ0v) is 15.4. The number of carbonyl (C=O) groups excluding carboxylic acids is 2. The summed E-state index contributed by atoms with van der Waals surface area (Å²) >= 11 is 0.769. The van der Waals surface area contributed by atoms with E-state index in [9.17, 15) is 19.7 Å². The quantitative estimate of drug-likeness (QED) is 0.369. The molecule has 1 heterocycles. The van der Waals surface area contributed by atoms with Crippen LogP contribution in [-0.4, -0.2) is 21.6 Å². The first-order chi connectivity index (χ1) is 13.5. The smallest absolute Gasteiger partial charge is 0.298 e. The van der Waals surface area contributed by atoms with Gasteiger partial charge >= 0.3 is 5.00 Å². The fourth-order valence-corrected chi connectivity index (χ4v) is 3.10. The van der Waals surface area contributed by atoms with Crippen LogP contribution in [0, 0.1) is 10.1 Å². The fourth-order valence-electron chi connectivity index (χ4n) is 2.47. The van der Waals surface area contributed by atoms with Crippen molar-refractivity contribution in [1.82, 2.24) is 4.98 Å². The summed E-state index contributed by atoms with van der Waals surface area (Å²) in [5, 5.41) is 13.2. The van der Waals surface area contributed by atoms with Crippen molar-refractivity contribution >= 4 is 39.2 Å². The molecule has 0 aliphatic heterocycles. The maximum Gasteiger partial charge on any atom is 0.345 e. The van der Waals surface area contributed by atoms with Crippen molar-refractivity contribution in [2.24, 2.45) is 0 Å². The van der Waals surface area contributed by atoms with Crippen LogP contribution in [0.4, 0.5) is 10.1 Å². The zero-order chi connectivity index (χ0) is 19.9. The van der Waals surface area contributed by atoms with Crippen molar-refractivity contribution < 1.29 is 14.5 Å². The van der Waals surface area contributed by atoms with Gasteiger partial charge in [0.25, 0.3) is 5.91 Å². The molecule has 1 aromatic heterocycles. The van der Waals surface area contributed by atoms with Gasteiger partial charge in [0.2, 0.25) is 0 Å². The Morgan fingerprint density at radius 3 is 2.54 bits per heavy atom. The van der Waals surface area contributed by atoms with E-state index in [1.54, 1.807) is 30.3 Å². The number of anilines is 1. The molecule has 0 radical (unpaired) electrons. The maximum absolute atomic E-state index is 12.5. The minimum atomic E-state index is -0.570. The molecule has 8 heteroatoms. The third kappa shape index (κ3) is 4.95. The Morgan fingerprint density at radius 1 is 1.11 bits per heavy atom. The number of nitrogens with zero attached hydrogens (tertiary/aromatic N) is 2. The van der Waals surface area contributed by atoms with Gasteiger partial charge in [0.05, 0.1) is 4.92 Å². The number of benzene rings is 2. The van der Waals surface area contributed by atoms with Gasteiger partial charge in [0.15, 0.2) is 10.9 Å². The van der Waals surface area contributed by atoms with Gasteiger partial charge in [-0.05, 0) is 34.6 Å². The molecule has 28 heavy (non-hydrogen) atoms. The number of thiazole rings is 1. The molecule has 0 atom stereocenters. The van der Waals surface area contributed by atoms with Crippen LogP contribution in [-0.2, 0) is 11.2 Å². The van der Waals surface area contributed by atoms with Crippen molar-refractivity contribution in [3.05, 3.63) is 93.7 Å². The molecule has 3 aromatic rings. The molecule has 140 valence electrons. The Balaban J connectivity index is 1.71. The molecule has 1 amide bonds. The molecule has 0 saturated heterocycles. The molecule has 7 nitrogen and oxygen atoms in total. The lowest BCUT2D eigenvalue weighted by molar-refractivity contribution is -0.380. The molecular formula is C20H15N3O4S. The average molecular weight is 393 g/mol. The first kappa shape index (κ1) is 19.1. The van der Waals surface area contributed by atoms with E-state index in [0.717, 1.165) is 23.1 Å². The first-order valence-corrected chi connectivity index (χ1v) is 9.10. The number of allylic oxidation sites excluding steroid dienone is 1. The van der Waals surface area contributed by atoms with Crippen LogP contribution in [0.2, 0.25) is 0 Å². The SMILES string of the molecule is O=C(C=Cc1ccccc1)Cc1ccccc1C(=O)Nc1ncc([N+](=O)[O-])s1.